The van der Waals surface area contributed by atoms with Crippen molar-refractivity contribution < 1.29 is 4.39 Å². The van der Waals surface area contributed by atoms with E-state index in [-0.39, 0.29) is 5.82 Å². The number of benzene rings is 2. The van der Waals surface area contributed by atoms with Gasteiger partial charge in [-0.25, -0.2) is 4.39 Å². The fraction of sp³-hybridized carbons (Fsp3) is 0.250. The number of hydrogen-bond acceptors (Lipinski definition) is 1. The highest BCUT2D eigenvalue weighted by Gasteiger charge is 2.22. The van der Waals surface area contributed by atoms with E-state index in [9.17, 15) is 4.39 Å². The predicted octanol–water partition coefficient (Wildman–Crippen LogP) is 3.55. The second-order valence-corrected chi connectivity index (χ2v) is 5.10. The summed E-state index contributed by atoms with van der Waals surface area (Å²) < 4.78 is 13.4. The average molecular weight is 243 g/mol. The first-order chi connectivity index (χ1) is 8.47. The molecule has 2 N–H and O–H groups in total. The highest BCUT2D eigenvalue weighted by atomic mass is 19.1. The van der Waals surface area contributed by atoms with Gasteiger partial charge >= 0.3 is 0 Å². The maximum Gasteiger partial charge on any atom is 0.123 e. The van der Waals surface area contributed by atoms with Crippen molar-refractivity contribution in [3.63, 3.8) is 0 Å². The van der Waals surface area contributed by atoms with E-state index >= 15 is 0 Å². The Morgan fingerprint density at radius 1 is 1.11 bits per heavy atom. The summed E-state index contributed by atoms with van der Waals surface area (Å²) in [6.07, 6.45) is 0.691. The summed E-state index contributed by atoms with van der Waals surface area (Å²) in [5, 5.41) is 0. The van der Waals surface area contributed by atoms with E-state index in [2.05, 4.69) is 0 Å². The van der Waals surface area contributed by atoms with Crippen LogP contribution in [0, 0.1) is 12.7 Å². The minimum atomic E-state index is -0.561. The molecule has 0 spiro atoms. The van der Waals surface area contributed by atoms with Gasteiger partial charge in [0.2, 0.25) is 0 Å². The van der Waals surface area contributed by atoms with E-state index in [1.165, 1.54) is 12.1 Å². The van der Waals surface area contributed by atoms with Gasteiger partial charge in [0.25, 0.3) is 0 Å². The van der Waals surface area contributed by atoms with Crippen molar-refractivity contribution in [3.05, 3.63) is 71.0 Å². The van der Waals surface area contributed by atoms with E-state index in [1.54, 1.807) is 0 Å². The third-order valence-corrected chi connectivity index (χ3v) is 3.12. The third kappa shape index (κ3) is 2.96. The SMILES string of the molecule is Cc1cc(F)cc(C(C)(N)Cc2ccccc2)c1. The quantitative estimate of drug-likeness (QED) is 0.876. The fourth-order valence-electron chi connectivity index (χ4n) is 2.19. The molecule has 1 unspecified atom stereocenters. The van der Waals surface area contributed by atoms with Gasteiger partial charge in [0, 0.05) is 5.54 Å². The van der Waals surface area contributed by atoms with Crippen LogP contribution in [0.3, 0.4) is 0 Å². The molecule has 2 heteroatoms. The zero-order valence-electron chi connectivity index (χ0n) is 10.8. The summed E-state index contributed by atoms with van der Waals surface area (Å²) in [6.45, 7) is 3.82. The maximum atomic E-state index is 13.4. The van der Waals surface area contributed by atoms with E-state index in [0.717, 1.165) is 16.7 Å². The Bertz CT molecular complexity index is 512. The average Bonchev–Trinajstić information content (AvgIpc) is 2.28. The van der Waals surface area contributed by atoms with Gasteiger partial charge in [0.15, 0.2) is 0 Å². The predicted molar refractivity (Wildman–Crippen MR) is 72.8 cm³/mol. The first-order valence-electron chi connectivity index (χ1n) is 6.08. The second-order valence-electron chi connectivity index (χ2n) is 5.10. The molecule has 1 atom stereocenters. The van der Waals surface area contributed by atoms with Gasteiger partial charge < -0.3 is 5.73 Å². The fourth-order valence-corrected chi connectivity index (χ4v) is 2.19. The van der Waals surface area contributed by atoms with Crippen LogP contribution in [0.2, 0.25) is 0 Å². The van der Waals surface area contributed by atoms with Gasteiger partial charge in [-0.15, -0.1) is 0 Å². The Balaban J connectivity index is 2.30. The Morgan fingerprint density at radius 2 is 1.78 bits per heavy atom. The van der Waals surface area contributed by atoms with Crippen LogP contribution in [0.4, 0.5) is 4.39 Å². The van der Waals surface area contributed by atoms with E-state index < -0.39 is 5.54 Å². The summed E-state index contributed by atoms with van der Waals surface area (Å²) in [5.41, 5.74) is 8.67. The molecule has 18 heavy (non-hydrogen) atoms. The lowest BCUT2D eigenvalue weighted by molar-refractivity contribution is 0.486. The molecular weight excluding hydrogens is 225 g/mol. The minimum absolute atomic E-state index is 0.227. The lowest BCUT2D eigenvalue weighted by atomic mass is 9.86. The van der Waals surface area contributed by atoms with E-state index in [1.807, 2.05) is 50.2 Å². The third-order valence-electron chi connectivity index (χ3n) is 3.12. The van der Waals surface area contributed by atoms with Gasteiger partial charge in [0.05, 0.1) is 0 Å². The summed E-state index contributed by atoms with van der Waals surface area (Å²) in [4.78, 5) is 0. The molecule has 0 heterocycles. The number of aryl methyl sites for hydroxylation is 1. The van der Waals surface area contributed by atoms with Gasteiger partial charge in [-0.3, -0.25) is 0 Å². The first kappa shape index (κ1) is 12.8. The number of nitrogens with two attached hydrogens (primary N) is 1. The molecule has 0 aliphatic heterocycles. The van der Waals surface area contributed by atoms with Crippen molar-refractivity contribution in [3.8, 4) is 0 Å². The van der Waals surface area contributed by atoms with Crippen molar-refractivity contribution in [2.45, 2.75) is 25.8 Å². The molecule has 0 saturated heterocycles. The molecule has 0 aliphatic rings. The highest BCUT2D eigenvalue weighted by molar-refractivity contribution is 5.31. The minimum Gasteiger partial charge on any atom is -0.321 e. The normalized spacial score (nSPS) is 14.2. The molecule has 2 aromatic rings. The standard InChI is InChI=1S/C16H18FN/c1-12-8-14(10-15(17)9-12)16(2,18)11-13-6-4-3-5-7-13/h3-10H,11,18H2,1-2H3. The largest absolute Gasteiger partial charge is 0.321 e. The number of hydrogen-bond donors (Lipinski definition) is 1. The van der Waals surface area contributed by atoms with E-state index in [0.29, 0.717) is 6.42 Å². The monoisotopic (exact) mass is 243 g/mol. The zero-order chi connectivity index (χ0) is 13.2. The topological polar surface area (TPSA) is 26.0 Å². The molecule has 0 bridgehead atoms. The van der Waals surface area contributed by atoms with Gasteiger partial charge in [-0.2, -0.15) is 0 Å². The Kier molecular flexibility index (Phi) is 3.48. The molecule has 0 aliphatic carbocycles. The maximum absolute atomic E-state index is 13.4. The summed E-state index contributed by atoms with van der Waals surface area (Å²) >= 11 is 0. The lowest BCUT2D eigenvalue weighted by Crippen LogP contribution is -2.35. The molecule has 2 rings (SSSR count). The molecule has 0 saturated carbocycles. The summed E-state index contributed by atoms with van der Waals surface area (Å²) in [7, 11) is 0. The van der Waals surface area contributed by atoms with Crippen LogP contribution in [0.15, 0.2) is 48.5 Å². The Labute approximate surface area is 107 Å². The van der Waals surface area contributed by atoms with Crippen LogP contribution >= 0.6 is 0 Å². The molecule has 0 aromatic heterocycles. The molecular formula is C16H18FN. The van der Waals surface area contributed by atoms with Crippen molar-refractivity contribution in [2.75, 3.05) is 0 Å². The Morgan fingerprint density at radius 3 is 2.39 bits per heavy atom. The van der Waals surface area contributed by atoms with Gasteiger partial charge in [-0.1, -0.05) is 36.4 Å². The zero-order valence-corrected chi connectivity index (χ0v) is 10.8. The van der Waals surface area contributed by atoms with Crippen LogP contribution in [-0.4, -0.2) is 0 Å². The molecule has 0 fully saturated rings. The van der Waals surface area contributed by atoms with Crippen LogP contribution in [-0.2, 0) is 12.0 Å². The van der Waals surface area contributed by atoms with Crippen molar-refractivity contribution in [2.24, 2.45) is 5.73 Å². The highest BCUT2D eigenvalue weighted by Crippen LogP contribution is 2.24. The molecule has 0 radical (unpaired) electrons. The lowest BCUT2D eigenvalue weighted by Gasteiger charge is -2.26. The molecule has 2 aromatic carbocycles. The van der Waals surface area contributed by atoms with Crippen molar-refractivity contribution >= 4 is 0 Å². The van der Waals surface area contributed by atoms with Crippen LogP contribution in [0.5, 0.6) is 0 Å². The van der Waals surface area contributed by atoms with Crippen molar-refractivity contribution in [1.82, 2.24) is 0 Å². The van der Waals surface area contributed by atoms with E-state index in [4.69, 9.17) is 5.73 Å². The summed E-state index contributed by atoms with van der Waals surface area (Å²) in [5.74, 6) is -0.227. The number of rotatable bonds is 3. The first-order valence-corrected chi connectivity index (χ1v) is 6.08. The second kappa shape index (κ2) is 4.91. The van der Waals surface area contributed by atoms with Gasteiger partial charge in [0.1, 0.15) is 5.82 Å². The molecule has 94 valence electrons. The summed E-state index contributed by atoms with van der Waals surface area (Å²) in [6, 6.07) is 15.0. The Hall–Kier alpha value is -1.67. The van der Waals surface area contributed by atoms with Crippen LogP contribution in [0.25, 0.3) is 0 Å². The van der Waals surface area contributed by atoms with Crippen LogP contribution < -0.4 is 5.73 Å². The van der Waals surface area contributed by atoms with Gasteiger partial charge in [-0.05, 0) is 49.1 Å². The molecule has 1 nitrogen and oxygen atoms in total. The number of halogens is 1. The van der Waals surface area contributed by atoms with Crippen LogP contribution in [0.1, 0.15) is 23.6 Å². The smallest absolute Gasteiger partial charge is 0.123 e. The van der Waals surface area contributed by atoms with Crippen molar-refractivity contribution in [1.29, 1.82) is 0 Å². The molecule has 0 amide bonds.